The van der Waals surface area contributed by atoms with Crippen LogP contribution >= 0.6 is 0 Å². The van der Waals surface area contributed by atoms with Crippen molar-refractivity contribution in [1.82, 2.24) is 0 Å². The standard InChI is InChI=1S/C22H24O9S/c1-13-9-11-17(12-10-13)32(26,27)31-18-14(2)28-22(25)20(29-15(3)23)19(18)30-21(24)16-7-5-4-6-8-16/h4-12,14,18-20,22,25H,1-3H3/t14-,18-,19-,20-,22-/m1/s1. The molecule has 0 saturated carbocycles. The van der Waals surface area contributed by atoms with Gasteiger partial charge in [0.15, 0.2) is 18.5 Å². The van der Waals surface area contributed by atoms with Crippen LogP contribution in [0.25, 0.3) is 0 Å². The van der Waals surface area contributed by atoms with Crippen LogP contribution in [0.15, 0.2) is 59.5 Å². The second-order valence-corrected chi connectivity index (χ2v) is 8.94. The molecule has 1 aliphatic heterocycles. The Morgan fingerprint density at radius 1 is 0.938 bits per heavy atom. The third-order valence-electron chi connectivity index (χ3n) is 4.85. The van der Waals surface area contributed by atoms with Gasteiger partial charge in [-0.15, -0.1) is 0 Å². The first-order chi connectivity index (χ1) is 15.1. The average Bonchev–Trinajstić information content (AvgIpc) is 2.74. The fraction of sp³-hybridized carbons (Fsp3) is 0.364. The maximum absolute atomic E-state index is 12.9. The highest BCUT2D eigenvalue weighted by Gasteiger charge is 2.50. The zero-order chi connectivity index (χ0) is 23.5. The van der Waals surface area contributed by atoms with E-state index in [1.807, 2.05) is 0 Å². The number of esters is 2. The highest BCUT2D eigenvalue weighted by atomic mass is 32.2. The summed E-state index contributed by atoms with van der Waals surface area (Å²) in [6.45, 7) is 4.35. The summed E-state index contributed by atoms with van der Waals surface area (Å²) in [6.07, 6.45) is -7.06. The first-order valence-corrected chi connectivity index (χ1v) is 11.3. The van der Waals surface area contributed by atoms with E-state index in [9.17, 15) is 23.1 Å². The maximum atomic E-state index is 12.9. The monoisotopic (exact) mass is 464 g/mol. The molecule has 5 atom stereocenters. The van der Waals surface area contributed by atoms with Crippen LogP contribution in [0.2, 0.25) is 0 Å². The Hall–Kier alpha value is -2.79. The van der Waals surface area contributed by atoms with Gasteiger partial charge in [-0.25, -0.2) is 4.79 Å². The number of aliphatic hydroxyl groups is 1. The molecule has 9 nitrogen and oxygen atoms in total. The molecule has 0 bridgehead atoms. The van der Waals surface area contributed by atoms with Gasteiger partial charge in [-0.05, 0) is 38.1 Å². The van der Waals surface area contributed by atoms with Gasteiger partial charge >= 0.3 is 11.9 Å². The van der Waals surface area contributed by atoms with E-state index in [-0.39, 0.29) is 10.5 Å². The molecule has 2 aromatic carbocycles. The lowest BCUT2D eigenvalue weighted by molar-refractivity contribution is -0.277. The lowest BCUT2D eigenvalue weighted by Crippen LogP contribution is -2.60. The molecule has 0 unspecified atom stereocenters. The Morgan fingerprint density at radius 3 is 2.16 bits per heavy atom. The van der Waals surface area contributed by atoms with Crippen LogP contribution < -0.4 is 0 Å². The van der Waals surface area contributed by atoms with Crippen LogP contribution in [0.5, 0.6) is 0 Å². The highest BCUT2D eigenvalue weighted by molar-refractivity contribution is 7.86. The summed E-state index contributed by atoms with van der Waals surface area (Å²) in [4.78, 5) is 24.2. The molecule has 0 radical (unpaired) electrons. The Balaban J connectivity index is 1.94. The minimum atomic E-state index is -4.31. The summed E-state index contributed by atoms with van der Waals surface area (Å²) in [7, 11) is -4.31. The molecule has 172 valence electrons. The third kappa shape index (κ3) is 5.52. The zero-order valence-corrected chi connectivity index (χ0v) is 18.5. The van der Waals surface area contributed by atoms with Crippen molar-refractivity contribution in [3.63, 3.8) is 0 Å². The Morgan fingerprint density at radius 2 is 1.56 bits per heavy atom. The molecular formula is C22H24O9S. The molecule has 1 saturated heterocycles. The second-order valence-electron chi connectivity index (χ2n) is 7.37. The second kappa shape index (κ2) is 9.78. The summed E-state index contributed by atoms with van der Waals surface area (Å²) in [5, 5.41) is 10.3. The number of benzene rings is 2. The van der Waals surface area contributed by atoms with E-state index in [0.29, 0.717) is 0 Å². The molecule has 1 N–H and O–H groups in total. The molecule has 1 fully saturated rings. The van der Waals surface area contributed by atoms with E-state index in [2.05, 4.69) is 0 Å². The van der Waals surface area contributed by atoms with Crippen molar-refractivity contribution in [3.05, 3.63) is 65.7 Å². The molecule has 1 aliphatic rings. The third-order valence-corrected chi connectivity index (χ3v) is 6.17. The van der Waals surface area contributed by atoms with E-state index in [4.69, 9.17) is 18.4 Å². The number of hydrogen-bond acceptors (Lipinski definition) is 9. The van der Waals surface area contributed by atoms with Gasteiger partial charge in [-0.2, -0.15) is 8.42 Å². The molecule has 1 heterocycles. The van der Waals surface area contributed by atoms with Crippen molar-refractivity contribution >= 4 is 22.1 Å². The van der Waals surface area contributed by atoms with Crippen LogP contribution in [-0.4, -0.2) is 56.2 Å². The summed E-state index contributed by atoms with van der Waals surface area (Å²) >= 11 is 0. The number of aryl methyl sites for hydroxylation is 1. The van der Waals surface area contributed by atoms with E-state index in [0.717, 1.165) is 12.5 Å². The predicted molar refractivity (Wildman–Crippen MR) is 111 cm³/mol. The van der Waals surface area contributed by atoms with Crippen LogP contribution in [0, 0.1) is 6.92 Å². The van der Waals surface area contributed by atoms with Gasteiger partial charge in [0.1, 0.15) is 6.10 Å². The van der Waals surface area contributed by atoms with E-state index in [1.165, 1.54) is 31.2 Å². The first kappa shape index (κ1) is 23.9. The maximum Gasteiger partial charge on any atom is 0.338 e. The summed E-state index contributed by atoms with van der Waals surface area (Å²) < 4.78 is 47.1. The molecule has 2 aromatic rings. The summed E-state index contributed by atoms with van der Waals surface area (Å²) in [5.74, 6) is -1.59. The summed E-state index contributed by atoms with van der Waals surface area (Å²) in [5.41, 5.74) is 1.04. The number of rotatable bonds is 6. The number of ether oxygens (including phenoxy) is 3. The fourth-order valence-corrected chi connectivity index (χ4v) is 4.39. The van der Waals surface area contributed by atoms with Crippen LogP contribution in [0.3, 0.4) is 0 Å². The van der Waals surface area contributed by atoms with Crippen molar-refractivity contribution in [1.29, 1.82) is 0 Å². The Labute approximate surface area is 186 Å². The largest absolute Gasteiger partial charge is 0.453 e. The molecule has 0 aliphatic carbocycles. The highest BCUT2D eigenvalue weighted by Crippen LogP contribution is 2.30. The number of carbonyl (C=O) groups excluding carboxylic acids is 2. The normalized spacial score (nSPS) is 25.7. The van der Waals surface area contributed by atoms with Gasteiger partial charge in [-0.3, -0.25) is 8.98 Å². The van der Waals surface area contributed by atoms with Crippen molar-refractivity contribution in [2.24, 2.45) is 0 Å². The SMILES string of the molecule is CC(=O)O[C@@H]1[C@H](OC(=O)c2ccccc2)[C@H](OS(=O)(=O)c2ccc(C)cc2)[C@@H](C)O[C@H]1O. The molecular weight excluding hydrogens is 440 g/mol. The van der Waals surface area contributed by atoms with Crippen LogP contribution in [0.1, 0.15) is 29.8 Å². The quantitative estimate of drug-likeness (QED) is 0.504. The molecule has 0 spiro atoms. The van der Waals surface area contributed by atoms with Gasteiger partial charge in [-0.1, -0.05) is 35.9 Å². The van der Waals surface area contributed by atoms with Gasteiger partial charge in [0.2, 0.25) is 0 Å². The van der Waals surface area contributed by atoms with Crippen molar-refractivity contribution in [3.8, 4) is 0 Å². The molecule has 3 rings (SSSR count). The van der Waals surface area contributed by atoms with Crippen molar-refractivity contribution in [2.45, 2.75) is 56.4 Å². The Bertz CT molecular complexity index is 1050. The first-order valence-electron chi connectivity index (χ1n) is 9.85. The topological polar surface area (TPSA) is 125 Å². The Kier molecular flexibility index (Phi) is 7.29. The van der Waals surface area contributed by atoms with Crippen molar-refractivity contribution < 1.29 is 41.5 Å². The molecule has 10 heteroatoms. The van der Waals surface area contributed by atoms with E-state index in [1.54, 1.807) is 37.3 Å². The molecule has 32 heavy (non-hydrogen) atoms. The average molecular weight is 464 g/mol. The van der Waals surface area contributed by atoms with Crippen LogP contribution in [0.4, 0.5) is 0 Å². The number of carbonyl (C=O) groups is 2. The zero-order valence-electron chi connectivity index (χ0n) is 17.7. The van der Waals surface area contributed by atoms with E-state index >= 15 is 0 Å². The fourth-order valence-electron chi connectivity index (χ4n) is 3.25. The minimum absolute atomic E-state index is 0.112. The minimum Gasteiger partial charge on any atom is -0.453 e. The van der Waals surface area contributed by atoms with Gasteiger partial charge < -0.3 is 19.3 Å². The predicted octanol–water partition coefficient (Wildman–Crippen LogP) is 1.96. The summed E-state index contributed by atoms with van der Waals surface area (Å²) in [6, 6.07) is 13.9. The van der Waals surface area contributed by atoms with E-state index < -0.39 is 52.8 Å². The lowest BCUT2D eigenvalue weighted by atomic mass is 9.99. The number of aliphatic hydroxyl groups excluding tert-OH is 1. The van der Waals surface area contributed by atoms with Gasteiger partial charge in [0, 0.05) is 6.92 Å². The molecule has 0 amide bonds. The molecule has 0 aromatic heterocycles. The van der Waals surface area contributed by atoms with Gasteiger partial charge in [0.05, 0.1) is 16.6 Å². The number of hydrogen-bond donors (Lipinski definition) is 1. The lowest BCUT2D eigenvalue weighted by Gasteiger charge is -2.41. The van der Waals surface area contributed by atoms with Crippen LogP contribution in [-0.2, 0) is 33.3 Å². The van der Waals surface area contributed by atoms with Gasteiger partial charge in [0.25, 0.3) is 10.1 Å². The smallest absolute Gasteiger partial charge is 0.338 e. The van der Waals surface area contributed by atoms with Crippen molar-refractivity contribution in [2.75, 3.05) is 0 Å².